The van der Waals surface area contributed by atoms with E-state index in [1.807, 2.05) is 24.3 Å². The third-order valence-corrected chi connectivity index (χ3v) is 4.50. The molecular weight excluding hydrogens is 244 g/mol. The fourth-order valence-electron chi connectivity index (χ4n) is 2.37. The third kappa shape index (κ3) is 1.91. The summed E-state index contributed by atoms with van der Waals surface area (Å²) in [4.78, 5) is 5.98. The summed E-state index contributed by atoms with van der Waals surface area (Å²) in [5.41, 5.74) is 8.99. The van der Waals surface area contributed by atoms with E-state index in [4.69, 9.17) is 15.5 Å². The Bertz CT molecular complexity index is 579. The molecule has 1 aliphatic heterocycles. The number of nitrogens with zero attached hydrogens (tertiary/aromatic N) is 1. The van der Waals surface area contributed by atoms with E-state index >= 15 is 0 Å². The second-order valence-electron chi connectivity index (χ2n) is 4.71. The number of ether oxygens (including phenoxy) is 1. The van der Waals surface area contributed by atoms with Crippen LogP contribution in [0.1, 0.15) is 30.5 Å². The van der Waals surface area contributed by atoms with Crippen molar-refractivity contribution in [2.75, 3.05) is 5.73 Å². The zero-order valence-electron chi connectivity index (χ0n) is 10.5. The van der Waals surface area contributed by atoms with Crippen LogP contribution >= 0.6 is 11.3 Å². The number of fused-ring (bicyclic) bond motifs is 1. The Hall–Kier alpha value is -1.39. The summed E-state index contributed by atoms with van der Waals surface area (Å²) in [5, 5.41) is 1.00. The molecule has 0 fully saturated rings. The zero-order valence-corrected chi connectivity index (χ0v) is 11.3. The number of aromatic nitrogens is 1. The SMILES string of the molecule is CC1Cc2nc(-c3ccccc3N)sc2C(C)O1. The van der Waals surface area contributed by atoms with E-state index < -0.39 is 0 Å². The van der Waals surface area contributed by atoms with E-state index in [-0.39, 0.29) is 12.2 Å². The second-order valence-corrected chi connectivity index (χ2v) is 5.74. The van der Waals surface area contributed by atoms with Gasteiger partial charge in [0.05, 0.1) is 22.8 Å². The molecule has 3 rings (SSSR count). The summed E-state index contributed by atoms with van der Waals surface area (Å²) in [6.45, 7) is 4.18. The number of benzene rings is 1. The Labute approximate surface area is 111 Å². The first-order chi connectivity index (χ1) is 8.65. The van der Waals surface area contributed by atoms with Gasteiger partial charge in [-0.25, -0.2) is 4.98 Å². The third-order valence-electron chi connectivity index (χ3n) is 3.21. The monoisotopic (exact) mass is 260 g/mol. The molecule has 94 valence electrons. The first-order valence-corrected chi connectivity index (χ1v) is 6.96. The summed E-state index contributed by atoms with van der Waals surface area (Å²) in [6, 6.07) is 7.88. The van der Waals surface area contributed by atoms with Crippen LogP contribution in [0, 0.1) is 0 Å². The summed E-state index contributed by atoms with van der Waals surface area (Å²) >= 11 is 1.70. The van der Waals surface area contributed by atoms with E-state index in [1.54, 1.807) is 11.3 Å². The quantitative estimate of drug-likeness (QED) is 0.799. The van der Waals surface area contributed by atoms with Gasteiger partial charge in [-0.05, 0) is 26.0 Å². The maximum absolute atomic E-state index is 6.01. The molecule has 0 bridgehead atoms. The normalized spacial score (nSPS) is 22.8. The minimum absolute atomic E-state index is 0.139. The Morgan fingerprint density at radius 1 is 1.33 bits per heavy atom. The number of hydrogen-bond donors (Lipinski definition) is 1. The van der Waals surface area contributed by atoms with Gasteiger partial charge < -0.3 is 10.5 Å². The average molecular weight is 260 g/mol. The van der Waals surface area contributed by atoms with Crippen molar-refractivity contribution in [2.24, 2.45) is 0 Å². The van der Waals surface area contributed by atoms with Crippen molar-refractivity contribution in [3.8, 4) is 10.6 Å². The highest BCUT2D eigenvalue weighted by atomic mass is 32.1. The van der Waals surface area contributed by atoms with Crippen LogP contribution in [0.2, 0.25) is 0 Å². The fourth-order valence-corrected chi connectivity index (χ4v) is 3.49. The highest BCUT2D eigenvalue weighted by molar-refractivity contribution is 7.15. The molecule has 0 radical (unpaired) electrons. The number of nitrogen functional groups attached to an aromatic ring is 1. The number of nitrogens with two attached hydrogens (primary N) is 1. The van der Waals surface area contributed by atoms with Gasteiger partial charge in [-0.15, -0.1) is 11.3 Å². The highest BCUT2D eigenvalue weighted by Gasteiger charge is 2.26. The zero-order chi connectivity index (χ0) is 12.7. The number of rotatable bonds is 1. The van der Waals surface area contributed by atoms with Crippen LogP contribution in [0.15, 0.2) is 24.3 Å². The van der Waals surface area contributed by atoms with Gasteiger partial charge in [0.25, 0.3) is 0 Å². The number of para-hydroxylation sites is 1. The van der Waals surface area contributed by atoms with Crippen molar-refractivity contribution in [3.05, 3.63) is 34.8 Å². The molecule has 0 aliphatic carbocycles. The molecule has 1 aromatic heterocycles. The van der Waals surface area contributed by atoms with Crippen molar-refractivity contribution in [3.63, 3.8) is 0 Å². The van der Waals surface area contributed by atoms with E-state index in [0.717, 1.165) is 22.7 Å². The minimum Gasteiger partial charge on any atom is -0.398 e. The number of thiazole rings is 1. The molecule has 2 heterocycles. The van der Waals surface area contributed by atoms with Crippen LogP contribution in [-0.2, 0) is 11.2 Å². The van der Waals surface area contributed by atoms with Crippen LogP contribution in [-0.4, -0.2) is 11.1 Å². The Morgan fingerprint density at radius 3 is 2.89 bits per heavy atom. The molecule has 1 aliphatic rings. The van der Waals surface area contributed by atoms with Crippen LogP contribution in [0.5, 0.6) is 0 Å². The van der Waals surface area contributed by atoms with E-state index in [9.17, 15) is 0 Å². The van der Waals surface area contributed by atoms with Crippen molar-refractivity contribution < 1.29 is 4.74 Å². The molecule has 0 saturated heterocycles. The van der Waals surface area contributed by atoms with Crippen molar-refractivity contribution in [1.82, 2.24) is 4.98 Å². The van der Waals surface area contributed by atoms with Gasteiger partial charge in [0.1, 0.15) is 5.01 Å². The van der Waals surface area contributed by atoms with E-state index in [1.165, 1.54) is 10.6 Å². The van der Waals surface area contributed by atoms with Crippen LogP contribution in [0.25, 0.3) is 10.6 Å². The number of hydrogen-bond acceptors (Lipinski definition) is 4. The number of anilines is 1. The molecule has 1 aromatic carbocycles. The minimum atomic E-state index is 0.139. The molecule has 0 saturated carbocycles. The van der Waals surface area contributed by atoms with Crippen LogP contribution in [0.3, 0.4) is 0 Å². The molecule has 2 aromatic rings. The predicted octanol–water partition coefficient (Wildman–Crippen LogP) is 3.41. The first kappa shape index (κ1) is 11.7. The lowest BCUT2D eigenvalue weighted by atomic mass is 10.1. The lowest BCUT2D eigenvalue weighted by Crippen LogP contribution is -2.20. The molecule has 3 nitrogen and oxygen atoms in total. The van der Waals surface area contributed by atoms with Crippen molar-refractivity contribution >= 4 is 17.0 Å². The average Bonchev–Trinajstić information content (AvgIpc) is 2.73. The van der Waals surface area contributed by atoms with Gasteiger partial charge >= 0.3 is 0 Å². The first-order valence-electron chi connectivity index (χ1n) is 6.15. The predicted molar refractivity (Wildman–Crippen MR) is 74.6 cm³/mol. The Kier molecular flexibility index (Phi) is 2.84. The van der Waals surface area contributed by atoms with Crippen LogP contribution in [0.4, 0.5) is 5.69 Å². The van der Waals surface area contributed by atoms with E-state index in [0.29, 0.717) is 0 Å². The molecular formula is C14H16N2OS. The second kappa shape index (κ2) is 4.37. The lowest BCUT2D eigenvalue weighted by molar-refractivity contribution is -0.00316. The van der Waals surface area contributed by atoms with Gasteiger partial charge in [-0.2, -0.15) is 0 Å². The van der Waals surface area contributed by atoms with Gasteiger partial charge in [-0.3, -0.25) is 0 Å². The summed E-state index contributed by atoms with van der Waals surface area (Å²) in [5.74, 6) is 0. The summed E-state index contributed by atoms with van der Waals surface area (Å²) < 4.78 is 5.83. The van der Waals surface area contributed by atoms with Gasteiger partial charge in [0.2, 0.25) is 0 Å². The summed E-state index contributed by atoms with van der Waals surface area (Å²) in [7, 11) is 0. The molecule has 2 N–H and O–H groups in total. The topological polar surface area (TPSA) is 48.1 Å². The maximum Gasteiger partial charge on any atom is 0.126 e. The Balaban J connectivity index is 2.06. The lowest BCUT2D eigenvalue weighted by Gasteiger charge is -2.23. The van der Waals surface area contributed by atoms with Crippen molar-refractivity contribution in [1.29, 1.82) is 0 Å². The summed E-state index contributed by atoms with van der Waals surface area (Å²) in [6.07, 6.45) is 1.28. The molecule has 18 heavy (non-hydrogen) atoms. The van der Waals surface area contributed by atoms with Crippen molar-refractivity contribution in [2.45, 2.75) is 32.5 Å². The highest BCUT2D eigenvalue weighted by Crippen LogP contribution is 2.39. The Morgan fingerprint density at radius 2 is 2.11 bits per heavy atom. The fraction of sp³-hybridized carbons (Fsp3) is 0.357. The van der Waals surface area contributed by atoms with Gasteiger partial charge in [0, 0.05) is 17.7 Å². The van der Waals surface area contributed by atoms with Gasteiger partial charge in [-0.1, -0.05) is 12.1 Å². The van der Waals surface area contributed by atoms with Crippen LogP contribution < -0.4 is 5.73 Å². The smallest absolute Gasteiger partial charge is 0.126 e. The molecule has 0 amide bonds. The molecule has 2 unspecified atom stereocenters. The standard InChI is InChI=1S/C14H16N2OS/c1-8-7-12-13(9(2)17-8)18-14(16-12)10-5-3-4-6-11(10)15/h3-6,8-9H,7,15H2,1-2H3. The molecule has 0 spiro atoms. The molecule has 2 atom stereocenters. The largest absolute Gasteiger partial charge is 0.398 e. The maximum atomic E-state index is 6.01. The molecule has 4 heteroatoms. The van der Waals surface area contributed by atoms with Gasteiger partial charge in [0.15, 0.2) is 0 Å². The van der Waals surface area contributed by atoms with E-state index in [2.05, 4.69) is 13.8 Å².